The minimum atomic E-state index is -4.52. The van der Waals surface area contributed by atoms with Crippen LogP contribution in [0.3, 0.4) is 0 Å². The third-order valence-corrected chi connectivity index (χ3v) is 10.8. The lowest BCUT2D eigenvalue weighted by atomic mass is 9.89. The average Bonchev–Trinajstić information content (AvgIpc) is 3.36. The molecule has 0 aliphatic carbocycles. The number of amides is 2. The number of sulfonamides is 1. The topological polar surface area (TPSA) is 161 Å². The first-order chi connectivity index (χ1) is 21.8. The smallest absolute Gasteiger partial charge is 0.418 e. The molecule has 1 aromatic heterocycles. The van der Waals surface area contributed by atoms with Crippen LogP contribution in [0, 0.1) is 5.92 Å². The first kappa shape index (κ1) is 34.3. The zero-order chi connectivity index (χ0) is 33.2. The van der Waals surface area contributed by atoms with Crippen LogP contribution in [-0.4, -0.2) is 86.8 Å². The van der Waals surface area contributed by atoms with E-state index in [1.165, 1.54) is 9.47 Å². The molecule has 2 atom stereocenters. The molecule has 0 spiro atoms. The lowest BCUT2D eigenvalue weighted by Gasteiger charge is -2.37. The monoisotopic (exact) mass is 714 g/mol. The SMILES string of the molecule is NC(=O)C(C(O)C1CCN(C(=O)OCc2ccccc2)CC1)S(=O)(=O)N1CCc2c(n(C(=O)OCC(Cl)(Cl)Cl)c3ccccc23)C1. The highest BCUT2D eigenvalue weighted by molar-refractivity contribution is 7.90. The number of rotatable bonds is 8. The Bertz CT molecular complexity index is 1710. The maximum absolute atomic E-state index is 14.0. The number of hydrogen-bond acceptors (Lipinski definition) is 8. The van der Waals surface area contributed by atoms with Crippen LogP contribution in [0.2, 0.25) is 0 Å². The molecule has 46 heavy (non-hydrogen) atoms. The highest BCUT2D eigenvalue weighted by Crippen LogP contribution is 2.35. The Morgan fingerprint density at radius 2 is 1.61 bits per heavy atom. The van der Waals surface area contributed by atoms with Crippen molar-refractivity contribution in [2.75, 3.05) is 26.2 Å². The fourth-order valence-corrected chi connectivity index (χ4v) is 8.06. The average molecular weight is 716 g/mol. The number of piperidine rings is 1. The molecular formula is C30H33Cl3N4O8S. The third kappa shape index (κ3) is 7.40. The summed E-state index contributed by atoms with van der Waals surface area (Å²) >= 11 is 17.3. The Kier molecular flexibility index (Phi) is 10.4. The van der Waals surface area contributed by atoms with Crippen LogP contribution in [0.5, 0.6) is 0 Å². The highest BCUT2D eigenvalue weighted by Gasteiger charge is 2.46. The normalized spacial score (nSPS) is 17.7. The molecule has 12 nitrogen and oxygen atoms in total. The van der Waals surface area contributed by atoms with Gasteiger partial charge in [-0.3, -0.25) is 4.79 Å². The van der Waals surface area contributed by atoms with Gasteiger partial charge in [0.1, 0.15) is 13.2 Å². The second-order valence-corrected chi connectivity index (χ2v) is 15.8. The van der Waals surface area contributed by atoms with Crippen LogP contribution in [0.15, 0.2) is 54.6 Å². The Labute approximate surface area is 280 Å². The molecule has 5 rings (SSSR count). The number of carbonyl (C=O) groups is 3. The number of para-hydroxylation sites is 1. The van der Waals surface area contributed by atoms with Crippen LogP contribution in [-0.2, 0) is 43.9 Å². The van der Waals surface area contributed by atoms with Crippen molar-refractivity contribution in [1.82, 2.24) is 13.8 Å². The van der Waals surface area contributed by atoms with Gasteiger partial charge in [0.25, 0.3) is 0 Å². The second kappa shape index (κ2) is 14.0. The van der Waals surface area contributed by atoms with Crippen LogP contribution in [0.1, 0.15) is 29.7 Å². The number of likely N-dealkylation sites (tertiary alicyclic amines) is 1. The maximum atomic E-state index is 14.0. The van der Waals surface area contributed by atoms with Crippen LogP contribution in [0.25, 0.3) is 10.9 Å². The predicted octanol–water partition coefficient (Wildman–Crippen LogP) is 3.95. The molecule has 2 unspecified atom stereocenters. The molecule has 3 N–H and O–H groups in total. The number of aromatic nitrogens is 1. The number of halogens is 3. The predicted molar refractivity (Wildman–Crippen MR) is 172 cm³/mol. The Balaban J connectivity index is 1.30. The van der Waals surface area contributed by atoms with E-state index in [0.29, 0.717) is 11.2 Å². The van der Waals surface area contributed by atoms with E-state index < -0.39 is 55.8 Å². The molecule has 2 amide bonds. The number of benzene rings is 2. The van der Waals surface area contributed by atoms with Crippen molar-refractivity contribution in [3.63, 3.8) is 0 Å². The first-order valence-corrected chi connectivity index (χ1v) is 17.2. The fourth-order valence-electron chi connectivity index (χ4n) is 6.05. The summed E-state index contributed by atoms with van der Waals surface area (Å²) in [6, 6.07) is 16.2. The van der Waals surface area contributed by atoms with E-state index in [2.05, 4.69) is 0 Å². The summed E-state index contributed by atoms with van der Waals surface area (Å²) in [5, 5.41) is 10.1. The van der Waals surface area contributed by atoms with E-state index in [9.17, 15) is 27.9 Å². The molecule has 2 aromatic carbocycles. The van der Waals surface area contributed by atoms with Crippen molar-refractivity contribution in [1.29, 1.82) is 0 Å². The minimum absolute atomic E-state index is 0.0191. The van der Waals surface area contributed by atoms with Gasteiger partial charge in [0.15, 0.2) is 5.25 Å². The Morgan fingerprint density at radius 1 is 0.957 bits per heavy atom. The van der Waals surface area contributed by atoms with Crippen molar-refractivity contribution < 1.29 is 37.4 Å². The third-order valence-electron chi connectivity index (χ3n) is 8.32. The number of aliphatic hydroxyl groups is 1. The number of carbonyl (C=O) groups excluding carboxylic acids is 3. The molecule has 2 aliphatic rings. The van der Waals surface area contributed by atoms with Gasteiger partial charge < -0.3 is 25.2 Å². The molecule has 0 saturated carbocycles. The Morgan fingerprint density at radius 3 is 2.26 bits per heavy atom. The molecule has 2 aliphatic heterocycles. The van der Waals surface area contributed by atoms with E-state index in [4.69, 9.17) is 50.0 Å². The van der Waals surface area contributed by atoms with E-state index >= 15 is 0 Å². The van der Waals surface area contributed by atoms with Gasteiger partial charge in [-0.05, 0) is 42.4 Å². The number of alkyl halides is 3. The van der Waals surface area contributed by atoms with Gasteiger partial charge in [-0.1, -0.05) is 83.3 Å². The van der Waals surface area contributed by atoms with Crippen molar-refractivity contribution in [3.8, 4) is 0 Å². The maximum Gasteiger partial charge on any atom is 0.418 e. The van der Waals surface area contributed by atoms with Crippen molar-refractivity contribution in [2.24, 2.45) is 11.7 Å². The largest absolute Gasteiger partial charge is 0.445 e. The Hall–Kier alpha value is -3.07. The van der Waals surface area contributed by atoms with Gasteiger partial charge in [-0.25, -0.2) is 22.6 Å². The number of aliphatic hydroxyl groups excluding tert-OH is 1. The number of fused-ring (bicyclic) bond motifs is 3. The first-order valence-electron chi connectivity index (χ1n) is 14.5. The fraction of sp³-hybridized carbons (Fsp3) is 0.433. The van der Waals surface area contributed by atoms with Gasteiger partial charge >= 0.3 is 12.2 Å². The van der Waals surface area contributed by atoms with Crippen molar-refractivity contribution in [2.45, 2.75) is 47.6 Å². The summed E-state index contributed by atoms with van der Waals surface area (Å²) in [6.07, 6.45) is -2.36. The molecule has 0 bridgehead atoms. The number of hydrogen-bond donors (Lipinski definition) is 2. The molecule has 3 aromatic rings. The number of nitrogens with zero attached hydrogens (tertiary/aromatic N) is 3. The van der Waals surface area contributed by atoms with E-state index in [1.54, 1.807) is 24.3 Å². The van der Waals surface area contributed by atoms with Gasteiger partial charge in [0.2, 0.25) is 19.7 Å². The summed E-state index contributed by atoms with van der Waals surface area (Å²) in [6.45, 7) is -0.356. The summed E-state index contributed by atoms with van der Waals surface area (Å²) in [4.78, 5) is 39.9. The van der Waals surface area contributed by atoms with Gasteiger partial charge in [0, 0.05) is 30.7 Å². The van der Waals surface area contributed by atoms with E-state index in [0.717, 1.165) is 20.8 Å². The van der Waals surface area contributed by atoms with Crippen LogP contribution >= 0.6 is 34.8 Å². The second-order valence-electron chi connectivity index (χ2n) is 11.3. The van der Waals surface area contributed by atoms with Gasteiger partial charge in [0.05, 0.1) is 18.2 Å². The lowest BCUT2D eigenvalue weighted by Crippen LogP contribution is -2.55. The minimum Gasteiger partial charge on any atom is -0.445 e. The summed E-state index contributed by atoms with van der Waals surface area (Å²) in [7, 11) is -4.52. The zero-order valence-electron chi connectivity index (χ0n) is 24.6. The standard InChI is InChI=1S/C30H33Cl3N4O8S/c31-30(32,33)18-45-29(41)37-23-9-5-4-8-21(23)22-12-15-36(16-24(22)37)46(42,43)26(27(34)39)25(38)20-10-13-35(14-11-20)28(40)44-17-19-6-2-1-3-7-19/h1-9,20,25-26,38H,10-18H2,(H2,34,39). The highest BCUT2D eigenvalue weighted by atomic mass is 35.6. The molecular weight excluding hydrogens is 683 g/mol. The number of primary amides is 1. The zero-order valence-corrected chi connectivity index (χ0v) is 27.6. The van der Waals surface area contributed by atoms with E-state index in [-0.39, 0.29) is 52.0 Å². The molecule has 248 valence electrons. The molecule has 0 radical (unpaired) electrons. The molecule has 3 heterocycles. The van der Waals surface area contributed by atoms with E-state index in [1.807, 2.05) is 30.3 Å². The quantitative estimate of drug-likeness (QED) is 0.332. The summed E-state index contributed by atoms with van der Waals surface area (Å²) < 4.78 is 39.0. The van der Waals surface area contributed by atoms with Gasteiger partial charge in [-0.15, -0.1) is 0 Å². The number of nitrogens with two attached hydrogens (primary N) is 1. The van der Waals surface area contributed by atoms with Crippen LogP contribution in [0.4, 0.5) is 9.59 Å². The molecule has 16 heteroatoms. The lowest BCUT2D eigenvalue weighted by molar-refractivity contribution is -0.120. The number of ether oxygens (including phenoxy) is 2. The summed E-state index contributed by atoms with van der Waals surface area (Å²) in [5.41, 5.74) is 7.98. The van der Waals surface area contributed by atoms with Crippen molar-refractivity contribution >= 4 is 73.8 Å². The summed E-state index contributed by atoms with van der Waals surface area (Å²) in [5.74, 6) is -1.83. The van der Waals surface area contributed by atoms with Gasteiger partial charge in [-0.2, -0.15) is 4.31 Å². The van der Waals surface area contributed by atoms with Crippen LogP contribution < -0.4 is 5.73 Å². The molecule has 1 fully saturated rings. The molecule has 1 saturated heterocycles. The van der Waals surface area contributed by atoms with Crippen molar-refractivity contribution in [3.05, 3.63) is 71.4 Å².